The van der Waals surface area contributed by atoms with Crippen LogP contribution in [-0.4, -0.2) is 38.7 Å². The number of hydrogen-bond acceptors (Lipinski definition) is 3. The van der Waals surface area contributed by atoms with Crippen molar-refractivity contribution >= 4 is 11.9 Å². The minimum absolute atomic E-state index is 0.135. The first-order chi connectivity index (χ1) is 9.17. The van der Waals surface area contributed by atoms with Gasteiger partial charge in [0, 0.05) is 26.6 Å². The molecule has 0 saturated carbocycles. The van der Waals surface area contributed by atoms with E-state index in [1.165, 1.54) is 12.8 Å². The number of esters is 1. The van der Waals surface area contributed by atoms with Gasteiger partial charge in [-0.15, -0.1) is 0 Å². The smallest absolute Gasteiger partial charge is 0.305 e. The zero-order chi connectivity index (χ0) is 14.5. The van der Waals surface area contributed by atoms with Crippen molar-refractivity contribution < 1.29 is 9.53 Å². The van der Waals surface area contributed by atoms with Gasteiger partial charge in [-0.1, -0.05) is 26.7 Å². The zero-order valence-electron chi connectivity index (χ0n) is 12.8. The predicted molar refractivity (Wildman–Crippen MR) is 79.3 cm³/mol. The maximum absolute atomic E-state index is 11.2. The summed E-state index contributed by atoms with van der Waals surface area (Å²) in [6.45, 7) is 8.33. The average Bonchev–Trinajstić information content (AvgIpc) is 2.42. The third-order valence-electron chi connectivity index (χ3n) is 3.09. The van der Waals surface area contributed by atoms with Crippen LogP contribution in [0, 0.1) is 5.92 Å². The molecule has 0 aromatic heterocycles. The molecule has 0 amide bonds. The van der Waals surface area contributed by atoms with Gasteiger partial charge < -0.3 is 15.4 Å². The van der Waals surface area contributed by atoms with E-state index in [0.717, 1.165) is 25.5 Å². The molecule has 0 spiro atoms. The Kier molecular flexibility index (Phi) is 11.0. The summed E-state index contributed by atoms with van der Waals surface area (Å²) in [4.78, 5) is 15.3. The molecule has 19 heavy (non-hydrogen) atoms. The summed E-state index contributed by atoms with van der Waals surface area (Å²) < 4.78 is 4.87. The zero-order valence-corrected chi connectivity index (χ0v) is 12.8. The van der Waals surface area contributed by atoms with E-state index in [1.807, 2.05) is 6.92 Å². The second-order valence-corrected chi connectivity index (χ2v) is 4.47. The van der Waals surface area contributed by atoms with Crippen LogP contribution in [0.25, 0.3) is 0 Å². The van der Waals surface area contributed by atoms with Crippen LogP contribution >= 0.6 is 0 Å². The predicted octanol–water partition coefficient (Wildman–Crippen LogP) is 1.93. The number of nitrogens with one attached hydrogen (secondary N) is 2. The molecule has 0 bridgehead atoms. The lowest BCUT2D eigenvalue weighted by molar-refractivity contribution is -0.143. The number of rotatable bonds is 9. The molecule has 0 atom stereocenters. The van der Waals surface area contributed by atoms with Crippen molar-refractivity contribution in [3.05, 3.63) is 0 Å². The molecule has 2 N–H and O–H groups in total. The molecule has 0 unspecified atom stereocenters. The molecule has 0 fully saturated rings. The van der Waals surface area contributed by atoms with Gasteiger partial charge in [0.05, 0.1) is 6.61 Å². The van der Waals surface area contributed by atoms with Gasteiger partial charge >= 0.3 is 5.97 Å². The first-order valence-corrected chi connectivity index (χ1v) is 7.27. The molecule has 5 heteroatoms. The van der Waals surface area contributed by atoms with Gasteiger partial charge in [-0.25, -0.2) is 0 Å². The Morgan fingerprint density at radius 3 is 2.42 bits per heavy atom. The molecule has 0 saturated heterocycles. The van der Waals surface area contributed by atoms with Crippen molar-refractivity contribution in [2.75, 3.05) is 26.7 Å². The lowest BCUT2D eigenvalue weighted by Crippen LogP contribution is -2.40. The number of aliphatic imine (C=N–C) groups is 1. The maximum Gasteiger partial charge on any atom is 0.305 e. The molecule has 5 nitrogen and oxygen atoms in total. The van der Waals surface area contributed by atoms with Crippen LogP contribution < -0.4 is 10.6 Å². The summed E-state index contributed by atoms with van der Waals surface area (Å²) in [7, 11) is 1.76. The Balaban J connectivity index is 3.74. The van der Waals surface area contributed by atoms with Gasteiger partial charge in [0.15, 0.2) is 5.96 Å². The fraction of sp³-hybridized carbons (Fsp3) is 0.857. The summed E-state index contributed by atoms with van der Waals surface area (Å²) in [6.07, 6.45) is 3.54. The number of nitrogens with zero attached hydrogens (tertiary/aromatic N) is 1. The van der Waals surface area contributed by atoms with E-state index in [2.05, 4.69) is 29.5 Å². The van der Waals surface area contributed by atoms with Gasteiger partial charge in [0.2, 0.25) is 0 Å². The number of guanidine groups is 1. The van der Waals surface area contributed by atoms with Crippen LogP contribution in [0.3, 0.4) is 0 Å². The number of ether oxygens (including phenoxy) is 1. The Morgan fingerprint density at radius 2 is 1.89 bits per heavy atom. The lowest BCUT2D eigenvalue weighted by atomic mass is 10.0. The van der Waals surface area contributed by atoms with Crippen molar-refractivity contribution in [1.82, 2.24) is 10.6 Å². The van der Waals surface area contributed by atoms with Crippen molar-refractivity contribution in [3.8, 4) is 0 Å². The van der Waals surface area contributed by atoms with E-state index in [4.69, 9.17) is 4.74 Å². The third-order valence-corrected chi connectivity index (χ3v) is 3.09. The summed E-state index contributed by atoms with van der Waals surface area (Å²) in [6, 6.07) is 0. The molecule has 0 heterocycles. The SMILES string of the molecule is CCOC(=O)CCCNC(=NC)NCC(CC)CC. The Labute approximate surface area is 117 Å². The summed E-state index contributed by atoms with van der Waals surface area (Å²) in [5, 5.41) is 6.51. The second kappa shape index (κ2) is 11.8. The Morgan fingerprint density at radius 1 is 1.21 bits per heavy atom. The minimum Gasteiger partial charge on any atom is -0.466 e. The number of hydrogen-bond donors (Lipinski definition) is 2. The standard InChI is InChI=1S/C14H29N3O2/c1-5-12(6-2)11-17-14(15-4)16-10-8-9-13(18)19-7-3/h12H,5-11H2,1-4H3,(H2,15,16,17). The Hall–Kier alpha value is -1.26. The summed E-state index contributed by atoms with van der Waals surface area (Å²) >= 11 is 0. The van der Waals surface area contributed by atoms with Crippen LogP contribution in [0.5, 0.6) is 0 Å². The summed E-state index contributed by atoms with van der Waals surface area (Å²) in [5.74, 6) is 1.35. The summed E-state index contributed by atoms with van der Waals surface area (Å²) in [5.41, 5.74) is 0. The molecule has 0 aliphatic carbocycles. The largest absolute Gasteiger partial charge is 0.466 e. The molecule has 112 valence electrons. The van der Waals surface area contributed by atoms with E-state index >= 15 is 0 Å². The van der Waals surface area contributed by atoms with Gasteiger partial charge in [0.1, 0.15) is 0 Å². The molecule has 0 radical (unpaired) electrons. The first kappa shape index (κ1) is 17.7. The van der Waals surface area contributed by atoms with E-state index in [1.54, 1.807) is 7.05 Å². The van der Waals surface area contributed by atoms with Crippen molar-refractivity contribution in [2.24, 2.45) is 10.9 Å². The highest BCUT2D eigenvalue weighted by atomic mass is 16.5. The molecule has 0 aromatic rings. The Bertz CT molecular complexity index is 263. The highest BCUT2D eigenvalue weighted by molar-refractivity contribution is 5.79. The quantitative estimate of drug-likeness (QED) is 0.291. The van der Waals surface area contributed by atoms with Crippen LogP contribution in [0.4, 0.5) is 0 Å². The van der Waals surface area contributed by atoms with Crippen LogP contribution in [0.15, 0.2) is 4.99 Å². The molecule has 0 aromatic carbocycles. The van der Waals surface area contributed by atoms with Gasteiger partial charge in [-0.05, 0) is 19.3 Å². The fourth-order valence-electron chi connectivity index (χ4n) is 1.71. The highest BCUT2D eigenvalue weighted by Crippen LogP contribution is 2.04. The van der Waals surface area contributed by atoms with Crippen LogP contribution in [0.2, 0.25) is 0 Å². The van der Waals surface area contributed by atoms with Crippen molar-refractivity contribution in [3.63, 3.8) is 0 Å². The molecule has 0 aliphatic rings. The molecular weight excluding hydrogens is 242 g/mol. The van der Waals surface area contributed by atoms with Gasteiger partial charge in [-0.3, -0.25) is 9.79 Å². The molecular formula is C14H29N3O2. The normalized spacial score (nSPS) is 11.5. The number of carbonyl (C=O) groups is 1. The van der Waals surface area contributed by atoms with E-state index in [-0.39, 0.29) is 5.97 Å². The fourth-order valence-corrected chi connectivity index (χ4v) is 1.71. The van der Waals surface area contributed by atoms with Crippen LogP contribution in [0.1, 0.15) is 46.5 Å². The minimum atomic E-state index is -0.135. The monoisotopic (exact) mass is 271 g/mol. The maximum atomic E-state index is 11.2. The first-order valence-electron chi connectivity index (χ1n) is 7.27. The lowest BCUT2D eigenvalue weighted by Gasteiger charge is -2.16. The molecule has 0 rings (SSSR count). The molecule has 0 aliphatic heterocycles. The van der Waals surface area contributed by atoms with E-state index < -0.39 is 0 Å². The van der Waals surface area contributed by atoms with Gasteiger partial charge in [-0.2, -0.15) is 0 Å². The van der Waals surface area contributed by atoms with E-state index in [9.17, 15) is 4.79 Å². The highest BCUT2D eigenvalue weighted by Gasteiger charge is 2.05. The third kappa shape index (κ3) is 9.33. The van der Waals surface area contributed by atoms with Crippen molar-refractivity contribution in [1.29, 1.82) is 0 Å². The topological polar surface area (TPSA) is 62.7 Å². The van der Waals surface area contributed by atoms with Crippen molar-refractivity contribution in [2.45, 2.75) is 46.5 Å². The van der Waals surface area contributed by atoms with Crippen LogP contribution in [-0.2, 0) is 9.53 Å². The second-order valence-electron chi connectivity index (χ2n) is 4.47. The van der Waals surface area contributed by atoms with E-state index in [0.29, 0.717) is 18.9 Å². The number of carbonyl (C=O) groups excluding carboxylic acids is 1. The average molecular weight is 271 g/mol. The van der Waals surface area contributed by atoms with Gasteiger partial charge in [0.25, 0.3) is 0 Å².